The number of ether oxygens (including phenoxy) is 2. The van der Waals surface area contributed by atoms with Gasteiger partial charge in [-0.15, -0.1) is 6.58 Å². The van der Waals surface area contributed by atoms with Crippen LogP contribution in [0.2, 0.25) is 0 Å². The van der Waals surface area contributed by atoms with E-state index in [1.807, 2.05) is 13.0 Å². The van der Waals surface area contributed by atoms with Crippen LogP contribution in [0.1, 0.15) is 33.6 Å². The lowest BCUT2D eigenvalue weighted by Gasteiger charge is -2.25. The van der Waals surface area contributed by atoms with Crippen molar-refractivity contribution in [2.75, 3.05) is 19.8 Å². The van der Waals surface area contributed by atoms with E-state index in [4.69, 9.17) is 9.47 Å². The highest BCUT2D eigenvalue weighted by Gasteiger charge is 2.30. The van der Waals surface area contributed by atoms with E-state index >= 15 is 0 Å². The zero-order valence-corrected chi connectivity index (χ0v) is 10.8. The lowest BCUT2D eigenvalue weighted by Crippen LogP contribution is -2.37. The third-order valence-corrected chi connectivity index (χ3v) is 3.34. The molecule has 0 amide bonds. The van der Waals surface area contributed by atoms with Crippen molar-refractivity contribution in [3.05, 3.63) is 12.7 Å². The molecule has 1 aliphatic rings. The summed E-state index contributed by atoms with van der Waals surface area (Å²) in [5.41, 5.74) is 0. The molecular formula is C13H25NO2. The van der Waals surface area contributed by atoms with Gasteiger partial charge in [0.25, 0.3) is 0 Å². The summed E-state index contributed by atoms with van der Waals surface area (Å²) < 4.78 is 11.1. The summed E-state index contributed by atoms with van der Waals surface area (Å²) in [6.07, 6.45) is 3.93. The molecule has 0 saturated carbocycles. The summed E-state index contributed by atoms with van der Waals surface area (Å²) >= 11 is 0. The van der Waals surface area contributed by atoms with Crippen LogP contribution in [0.15, 0.2) is 12.7 Å². The minimum absolute atomic E-state index is 0.367. The van der Waals surface area contributed by atoms with Crippen LogP contribution in [0.4, 0.5) is 0 Å². The van der Waals surface area contributed by atoms with Crippen LogP contribution in [0.5, 0.6) is 0 Å². The van der Waals surface area contributed by atoms with Gasteiger partial charge in [0.05, 0.1) is 13.2 Å². The molecule has 0 spiro atoms. The van der Waals surface area contributed by atoms with Gasteiger partial charge in [0.15, 0.2) is 5.79 Å². The van der Waals surface area contributed by atoms with Crippen LogP contribution < -0.4 is 5.32 Å². The molecule has 2 unspecified atom stereocenters. The highest BCUT2D eigenvalue weighted by atomic mass is 16.7. The van der Waals surface area contributed by atoms with Crippen LogP contribution in [0.25, 0.3) is 0 Å². The highest BCUT2D eigenvalue weighted by Crippen LogP contribution is 2.21. The van der Waals surface area contributed by atoms with Gasteiger partial charge in [0.2, 0.25) is 0 Å². The smallest absolute Gasteiger partial charge is 0.166 e. The quantitative estimate of drug-likeness (QED) is 0.677. The summed E-state index contributed by atoms with van der Waals surface area (Å²) in [7, 11) is 0. The Balaban J connectivity index is 2.16. The van der Waals surface area contributed by atoms with Gasteiger partial charge in [0.1, 0.15) is 0 Å². The Morgan fingerprint density at radius 1 is 1.38 bits per heavy atom. The molecule has 0 aliphatic carbocycles. The van der Waals surface area contributed by atoms with Crippen molar-refractivity contribution in [2.45, 2.75) is 45.4 Å². The standard InChI is InChI=1S/C13H25NO2/c1-5-6-11(2)12(3)14-8-7-13(4)15-9-10-16-13/h5,11-12,14H,1,6-10H2,2-4H3. The topological polar surface area (TPSA) is 30.5 Å². The summed E-state index contributed by atoms with van der Waals surface area (Å²) in [5.74, 6) is 0.254. The predicted molar refractivity (Wildman–Crippen MR) is 66.4 cm³/mol. The molecule has 1 rings (SSSR count). The molecule has 1 saturated heterocycles. The number of hydrogen-bond acceptors (Lipinski definition) is 3. The zero-order valence-electron chi connectivity index (χ0n) is 10.8. The number of nitrogens with one attached hydrogen (secondary N) is 1. The first-order valence-electron chi connectivity index (χ1n) is 6.19. The third kappa shape index (κ3) is 4.24. The average molecular weight is 227 g/mol. The van der Waals surface area contributed by atoms with Gasteiger partial charge in [0, 0.05) is 19.0 Å². The molecule has 0 aromatic rings. The summed E-state index contributed by atoms with van der Waals surface area (Å²) in [5, 5.41) is 3.51. The molecule has 1 heterocycles. The van der Waals surface area contributed by atoms with Crippen molar-refractivity contribution < 1.29 is 9.47 Å². The van der Waals surface area contributed by atoms with Crippen molar-refractivity contribution in [3.63, 3.8) is 0 Å². The Kier molecular flexibility index (Phi) is 5.46. The molecule has 16 heavy (non-hydrogen) atoms. The Labute approximate surface area is 99.2 Å². The van der Waals surface area contributed by atoms with Crippen molar-refractivity contribution in [2.24, 2.45) is 5.92 Å². The van der Waals surface area contributed by atoms with Crippen molar-refractivity contribution in [3.8, 4) is 0 Å². The first-order chi connectivity index (χ1) is 7.57. The average Bonchev–Trinajstić information content (AvgIpc) is 2.65. The first-order valence-corrected chi connectivity index (χ1v) is 6.19. The lowest BCUT2D eigenvalue weighted by molar-refractivity contribution is -0.145. The van der Waals surface area contributed by atoms with E-state index in [1.165, 1.54) is 0 Å². The van der Waals surface area contributed by atoms with Crippen LogP contribution >= 0.6 is 0 Å². The van der Waals surface area contributed by atoms with E-state index in [0.717, 1.165) is 32.6 Å². The third-order valence-electron chi connectivity index (χ3n) is 3.34. The van der Waals surface area contributed by atoms with Gasteiger partial charge < -0.3 is 14.8 Å². The second-order valence-electron chi connectivity index (χ2n) is 4.83. The molecule has 0 aromatic heterocycles. The Bertz CT molecular complexity index is 212. The maximum absolute atomic E-state index is 5.55. The van der Waals surface area contributed by atoms with Crippen LogP contribution in [-0.4, -0.2) is 31.6 Å². The van der Waals surface area contributed by atoms with Crippen LogP contribution in [0, 0.1) is 5.92 Å². The molecular weight excluding hydrogens is 202 g/mol. The normalized spacial score (nSPS) is 22.9. The van der Waals surface area contributed by atoms with Crippen molar-refractivity contribution in [1.82, 2.24) is 5.32 Å². The predicted octanol–water partition coefficient (Wildman–Crippen LogP) is 2.33. The lowest BCUT2D eigenvalue weighted by atomic mass is 10.00. The monoisotopic (exact) mass is 227 g/mol. The maximum atomic E-state index is 5.55. The summed E-state index contributed by atoms with van der Waals surface area (Å²) in [6, 6.07) is 0.503. The van der Waals surface area contributed by atoms with Gasteiger partial charge >= 0.3 is 0 Å². The molecule has 1 fully saturated rings. The fourth-order valence-corrected chi connectivity index (χ4v) is 1.90. The summed E-state index contributed by atoms with van der Waals surface area (Å²) in [4.78, 5) is 0. The second-order valence-corrected chi connectivity index (χ2v) is 4.83. The van der Waals surface area contributed by atoms with Gasteiger partial charge in [-0.2, -0.15) is 0 Å². The maximum Gasteiger partial charge on any atom is 0.166 e. The minimum atomic E-state index is -0.367. The fourth-order valence-electron chi connectivity index (χ4n) is 1.90. The number of rotatable bonds is 7. The molecule has 0 aromatic carbocycles. The molecule has 3 nitrogen and oxygen atoms in total. The molecule has 1 aliphatic heterocycles. The van der Waals surface area contributed by atoms with E-state index in [9.17, 15) is 0 Å². The second kappa shape index (κ2) is 6.38. The first kappa shape index (κ1) is 13.7. The van der Waals surface area contributed by atoms with E-state index in [2.05, 4.69) is 25.7 Å². The largest absolute Gasteiger partial charge is 0.348 e. The van der Waals surface area contributed by atoms with Gasteiger partial charge in [-0.3, -0.25) is 0 Å². The van der Waals surface area contributed by atoms with Gasteiger partial charge in [-0.25, -0.2) is 0 Å². The van der Waals surface area contributed by atoms with Crippen LogP contribution in [-0.2, 0) is 9.47 Å². The zero-order chi connectivity index (χ0) is 12.0. The van der Waals surface area contributed by atoms with Gasteiger partial charge in [-0.05, 0) is 26.2 Å². The Hall–Kier alpha value is -0.380. The molecule has 3 heteroatoms. The highest BCUT2D eigenvalue weighted by molar-refractivity contribution is 4.78. The molecule has 1 N–H and O–H groups in total. The number of allylic oxidation sites excluding steroid dienone is 1. The Morgan fingerprint density at radius 2 is 2.00 bits per heavy atom. The van der Waals surface area contributed by atoms with E-state index in [-0.39, 0.29) is 5.79 Å². The van der Waals surface area contributed by atoms with Crippen molar-refractivity contribution >= 4 is 0 Å². The molecule has 2 atom stereocenters. The van der Waals surface area contributed by atoms with Crippen LogP contribution in [0.3, 0.4) is 0 Å². The van der Waals surface area contributed by atoms with Gasteiger partial charge in [-0.1, -0.05) is 13.0 Å². The molecule has 0 bridgehead atoms. The van der Waals surface area contributed by atoms with E-state index in [0.29, 0.717) is 12.0 Å². The van der Waals surface area contributed by atoms with Crippen molar-refractivity contribution in [1.29, 1.82) is 0 Å². The Morgan fingerprint density at radius 3 is 2.56 bits per heavy atom. The minimum Gasteiger partial charge on any atom is -0.348 e. The number of hydrogen-bond donors (Lipinski definition) is 1. The molecule has 0 radical (unpaired) electrons. The van der Waals surface area contributed by atoms with E-state index in [1.54, 1.807) is 0 Å². The molecule has 94 valence electrons. The van der Waals surface area contributed by atoms with E-state index < -0.39 is 0 Å². The SMILES string of the molecule is C=CCC(C)C(C)NCCC1(C)OCCO1. The fraction of sp³-hybridized carbons (Fsp3) is 0.846. The summed E-state index contributed by atoms with van der Waals surface area (Å²) in [6.45, 7) is 12.6.